The number of esters is 1. The van der Waals surface area contributed by atoms with E-state index in [0.717, 1.165) is 12.1 Å². The number of anilines is 2. The van der Waals surface area contributed by atoms with Gasteiger partial charge in [-0.05, 0) is 58.4 Å². The number of aromatic amines is 1. The molecule has 0 atom stereocenters. The number of amides is 2. The second-order valence-electron chi connectivity index (χ2n) is 8.02. The molecule has 0 unspecified atom stereocenters. The highest BCUT2D eigenvalue weighted by molar-refractivity contribution is 6.08. The van der Waals surface area contributed by atoms with Gasteiger partial charge in [0.05, 0.1) is 23.5 Å². The van der Waals surface area contributed by atoms with Crippen LogP contribution >= 0.6 is 0 Å². The summed E-state index contributed by atoms with van der Waals surface area (Å²) >= 11 is 0. The number of H-pyrrole nitrogens is 1. The van der Waals surface area contributed by atoms with Crippen LogP contribution in [0.5, 0.6) is 0 Å². The fourth-order valence-electron chi connectivity index (χ4n) is 2.90. The molecule has 0 aliphatic rings. The summed E-state index contributed by atoms with van der Waals surface area (Å²) in [5.74, 6) is -1.83. The highest BCUT2D eigenvalue weighted by Gasteiger charge is 2.24. The van der Waals surface area contributed by atoms with Crippen molar-refractivity contribution >= 4 is 29.3 Å². The first kappa shape index (κ1) is 24.9. The number of aromatic nitrogens is 1. The molecule has 1 heterocycles. The van der Waals surface area contributed by atoms with E-state index < -0.39 is 29.4 Å². The molecular weight excluding hydrogens is 421 g/mol. The van der Waals surface area contributed by atoms with E-state index in [1.807, 2.05) is 0 Å². The van der Waals surface area contributed by atoms with Gasteiger partial charge in [0.1, 0.15) is 23.7 Å². The lowest BCUT2D eigenvalue weighted by Crippen LogP contribution is -2.27. The van der Waals surface area contributed by atoms with Crippen molar-refractivity contribution in [2.75, 3.05) is 31.0 Å². The Labute approximate surface area is 185 Å². The minimum atomic E-state index is -0.757. The van der Waals surface area contributed by atoms with E-state index in [1.54, 1.807) is 34.6 Å². The fourth-order valence-corrected chi connectivity index (χ4v) is 2.90. The quantitative estimate of drug-likeness (QED) is 0.431. The lowest BCUT2D eigenvalue weighted by molar-refractivity contribution is 0.0386. The molecule has 0 aliphatic carbocycles. The number of ether oxygens (including phenoxy) is 3. The van der Waals surface area contributed by atoms with Crippen LogP contribution in [0.1, 0.15) is 52.9 Å². The van der Waals surface area contributed by atoms with Crippen LogP contribution in [0.2, 0.25) is 0 Å². The third-order valence-corrected chi connectivity index (χ3v) is 4.25. The van der Waals surface area contributed by atoms with Crippen molar-refractivity contribution in [3.8, 4) is 0 Å². The molecule has 0 fully saturated rings. The highest BCUT2D eigenvalue weighted by atomic mass is 19.1. The molecule has 1 aromatic carbocycles. The number of aryl methyl sites for hydroxylation is 1. The van der Waals surface area contributed by atoms with Gasteiger partial charge in [-0.25, -0.2) is 14.0 Å². The SMILES string of the molecule is COCCOC(=O)c1c(C)[nH]c(C(=O)Nc2cc(F)ccc2NC(=O)OC(C)(C)C)c1C. The molecular formula is C22H28FN3O6. The van der Waals surface area contributed by atoms with Crippen molar-refractivity contribution in [3.63, 3.8) is 0 Å². The van der Waals surface area contributed by atoms with Crippen LogP contribution in [0.15, 0.2) is 18.2 Å². The number of hydrogen-bond acceptors (Lipinski definition) is 6. The van der Waals surface area contributed by atoms with E-state index in [-0.39, 0.29) is 35.8 Å². The highest BCUT2D eigenvalue weighted by Crippen LogP contribution is 2.26. The number of benzene rings is 1. The molecule has 1 aromatic heterocycles. The second kappa shape index (κ2) is 10.3. The predicted molar refractivity (Wildman–Crippen MR) is 117 cm³/mol. The van der Waals surface area contributed by atoms with Crippen LogP contribution in [-0.2, 0) is 14.2 Å². The molecule has 0 saturated heterocycles. The molecule has 2 rings (SSSR count). The molecule has 0 aliphatic heterocycles. The van der Waals surface area contributed by atoms with Gasteiger partial charge in [-0.15, -0.1) is 0 Å². The summed E-state index contributed by atoms with van der Waals surface area (Å²) in [7, 11) is 1.49. The van der Waals surface area contributed by atoms with Gasteiger partial charge < -0.3 is 24.5 Å². The first-order valence-corrected chi connectivity index (χ1v) is 9.89. The summed E-state index contributed by atoms with van der Waals surface area (Å²) in [6.45, 7) is 8.65. The minimum Gasteiger partial charge on any atom is -0.460 e. The largest absolute Gasteiger partial charge is 0.460 e. The minimum absolute atomic E-state index is 0.0248. The zero-order chi connectivity index (χ0) is 24.1. The average Bonchev–Trinajstić information content (AvgIpc) is 2.97. The molecule has 2 amide bonds. The maximum Gasteiger partial charge on any atom is 0.412 e. The van der Waals surface area contributed by atoms with Crippen molar-refractivity contribution in [2.24, 2.45) is 0 Å². The molecule has 10 heteroatoms. The van der Waals surface area contributed by atoms with Gasteiger partial charge in [0.15, 0.2) is 0 Å². The Morgan fingerprint density at radius 1 is 1.06 bits per heavy atom. The number of hydrogen-bond donors (Lipinski definition) is 3. The Kier molecular flexibility index (Phi) is 7.98. The normalized spacial score (nSPS) is 11.1. The van der Waals surface area contributed by atoms with Crippen LogP contribution in [0.4, 0.5) is 20.6 Å². The van der Waals surface area contributed by atoms with Crippen molar-refractivity contribution in [1.82, 2.24) is 4.98 Å². The average molecular weight is 449 g/mol. The summed E-state index contributed by atoms with van der Waals surface area (Å²) in [5, 5.41) is 5.05. The van der Waals surface area contributed by atoms with Crippen LogP contribution in [0.3, 0.4) is 0 Å². The van der Waals surface area contributed by atoms with Gasteiger partial charge in [0.2, 0.25) is 0 Å². The molecule has 0 spiro atoms. The number of halogens is 1. The van der Waals surface area contributed by atoms with Gasteiger partial charge in [0.25, 0.3) is 5.91 Å². The second-order valence-corrected chi connectivity index (χ2v) is 8.02. The summed E-state index contributed by atoms with van der Waals surface area (Å²) < 4.78 is 29.0. The number of carbonyl (C=O) groups excluding carboxylic acids is 3. The predicted octanol–water partition coefficient (Wildman–Crippen LogP) is 4.17. The first-order chi connectivity index (χ1) is 14.9. The van der Waals surface area contributed by atoms with Crippen LogP contribution in [0, 0.1) is 19.7 Å². The van der Waals surface area contributed by atoms with E-state index >= 15 is 0 Å². The van der Waals surface area contributed by atoms with Crippen molar-refractivity contribution in [3.05, 3.63) is 46.5 Å². The molecule has 9 nitrogen and oxygen atoms in total. The first-order valence-electron chi connectivity index (χ1n) is 9.89. The van der Waals surface area contributed by atoms with E-state index in [4.69, 9.17) is 14.2 Å². The Bertz CT molecular complexity index is 1010. The fraction of sp³-hybridized carbons (Fsp3) is 0.409. The van der Waals surface area contributed by atoms with E-state index in [9.17, 15) is 18.8 Å². The van der Waals surface area contributed by atoms with Gasteiger partial charge in [-0.1, -0.05) is 0 Å². The van der Waals surface area contributed by atoms with Gasteiger partial charge in [-0.3, -0.25) is 10.1 Å². The van der Waals surface area contributed by atoms with Crippen molar-refractivity contribution < 1.29 is 33.0 Å². The molecule has 32 heavy (non-hydrogen) atoms. The van der Waals surface area contributed by atoms with E-state index in [2.05, 4.69) is 15.6 Å². The summed E-state index contributed by atoms with van der Waals surface area (Å²) in [4.78, 5) is 40.2. The van der Waals surface area contributed by atoms with Gasteiger partial charge >= 0.3 is 12.1 Å². The molecule has 0 saturated carbocycles. The number of carbonyl (C=O) groups is 3. The monoisotopic (exact) mass is 449 g/mol. The standard InChI is InChI=1S/C22H28FN3O6/c1-12-17(20(28)31-10-9-30-6)13(2)24-18(12)19(27)25-16-11-14(23)7-8-15(16)26-21(29)32-22(3,4)5/h7-8,11,24H,9-10H2,1-6H3,(H,25,27)(H,26,29). The molecule has 3 N–H and O–H groups in total. The Morgan fingerprint density at radius 3 is 2.38 bits per heavy atom. The molecule has 0 bridgehead atoms. The molecule has 0 radical (unpaired) electrons. The van der Waals surface area contributed by atoms with Crippen molar-refractivity contribution in [1.29, 1.82) is 0 Å². The zero-order valence-electron chi connectivity index (χ0n) is 19.0. The van der Waals surface area contributed by atoms with Gasteiger partial charge in [-0.2, -0.15) is 0 Å². The summed E-state index contributed by atoms with van der Waals surface area (Å²) in [6, 6.07) is 3.51. The number of nitrogens with one attached hydrogen (secondary N) is 3. The smallest absolute Gasteiger partial charge is 0.412 e. The summed E-state index contributed by atoms with van der Waals surface area (Å²) in [6.07, 6.45) is -0.757. The maximum atomic E-state index is 13.8. The van der Waals surface area contributed by atoms with Crippen molar-refractivity contribution in [2.45, 2.75) is 40.2 Å². The van der Waals surface area contributed by atoms with Crippen LogP contribution < -0.4 is 10.6 Å². The Balaban J connectivity index is 2.24. The number of rotatable bonds is 7. The third-order valence-electron chi connectivity index (χ3n) is 4.25. The molecule has 2 aromatic rings. The molecule has 174 valence electrons. The van der Waals surface area contributed by atoms with Gasteiger partial charge in [0, 0.05) is 12.8 Å². The Hall–Kier alpha value is -3.40. The van der Waals surface area contributed by atoms with E-state index in [1.165, 1.54) is 13.2 Å². The van der Waals surface area contributed by atoms with Crippen LogP contribution in [-0.4, -0.2) is 48.9 Å². The van der Waals surface area contributed by atoms with E-state index in [0.29, 0.717) is 11.3 Å². The number of methoxy groups -OCH3 is 1. The third kappa shape index (κ3) is 6.55. The zero-order valence-corrected chi connectivity index (χ0v) is 19.0. The topological polar surface area (TPSA) is 119 Å². The summed E-state index contributed by atoms with van der Waals surface area (Å²) in [5.41, 5.74) is 0.597. The lowest BCUT2D eigenvalue weighted by Gasteiger charge is -2.20. The lowest BCUT2D eigenvalue weighted by atomic mass is 10.1. The van der Waals surface area contributed by atoms with Crippen LogP contribution in [0.25, 0.3) is 0 Å². The maximum absolute atomic E-state index is 13.8. The Morgan fingerprint density at radius 2 is 1.75 bits per heavy atom.